The Balaban J connectivity index is 2.49. The van der Waals surface area contributed by atoms with Gasteiger partial charge in [0.1, 0.15) is 11.5 Å². The molecular formula is C8H11F2N3. The molecule has 0 saturated carbocycles. The van der Waals surface area contributed by atoms with Crippen molar-refractivity contribution >= 4 is 0 Å². The monoisotopic (exact) mass is 187 g/mol. The van der Waals surface area contributed by atoms with Gasteiger partial charge in [-0.25, -0.2) is 4.98 Å². The van der Waals surface area contributed by atoms with Crippen LogP contribution >= 0.6 is 0 Å². The molecule has 0 spiro atoms. The number of hydrogen-bond acceptors (Lipinski definition) is 2. The number of nitrogens with zero attached hydrogens (tertiary/aromatic N) is 2. The number of aryl methyl sites for hydroxylation is 1. The summed E-state index contributed by atoms with van der Waals surface area (Å²) in [6.45, 7) is 1.96. The Hall–Kier alpha value is -0.970. The third kappa shape index (κ3) is 1.33. The van der Waals surface area contributed by atoms with E-state index in [9.17, 15) is 8.78 Å². The highest BCUT2D eigenvalue weighted by Gasteiger charge is 2.41. The van der Waals surface area contributed by atoms with Gasteiger partial charge in [0, 0.05) is 6.54 Å². The van der Waals surface area contributed by atoms with Gasteiger partial charge < -0.3 is 4.98 Å². The van der Waals surface area contributed by atoms with Crippen LogP contribution in [0.3, 0.4) is 0 Å². The number of imidazole rings is 1. The predicted molar refractivity (Wildman–Crippen MR) is 43.6 cm³/mol. The lowest BCUT2D eigenvalue weighted by Crippen LogP contribution is -2.38. The summed E-state index contributed by atoms with van der Waals surface area (Å²) >= 11 is 0. The molecule has 0 aliphatic carbocycles. The topological polar surface area (TPSA) is 31.9 Å². The molecule has 5 heteroatoms. The normalized spacial score (nSPS) is 21.5. The van der Waals surface area contributed by atoms with Gasteiger partial charge in [0.2, 0.25) is 0 Å². The minimum atomic E-state index is -2.81. The van der Waals surface area contributed by atoms with Crippen LogP contribution in [0.4, 0.5) is 8.78 Å². The zero-order valence-corrected chi connectivity index (χ0v) is 7.56. The second-order valence-electron chi connectivity index (χ2n) is 3.53. The van der Waals surface area contributed by atoms with E-state index in [0.29, 0.717) is 18.1 Å². The second kappa shape index (κ2) is 2.51. The lowest BCUT2D eigenvalue weighted by Gasteiger charge is -2.28. The van der Waals surface area contributed by atoms with E-state index in [1.807, 2.05) is 0 Å². The van der Waals surface area contributed by atoms with Gasteiger partial charge >= 0.3 is 5.92 Å². The van der Waals surface area contributed by atoms with Crippen molar-refractivity contribution < 1.29 is 8.78 Å². The molecule has 13 heavy (non-hydrogen) atoms. The number of likely N-dealkylation sites (N-methyl/N-ethyl adjacent to an activating group) is 1. The molecule has 0 aromatic carbocycles. The van der Waals surface area contributed by atoms with Gasteiger partial charge in [-0.2, -0.15) is 8.78 Å². The lowest BCUT2D eigenvalue weighted by atomic mass is 10.1. The number of alkyl halides is 2. The molecule has 2 heterocycles. The fourth-order valence-electron chi connectivity index (χ4n) is 1.70. The van der Waals surface area contributed by atoms with Gasteiger partial charge in [-0.1, -0.05) is 0 Å². The Morgan fingerprint density at radius 3 is 2.92 bits per heavy atom. The number of nitrogens with one attached hydrogen (secondary N) is 1. The molecule has 0 amide bonds. The molecule has 0 bridgehead atoms. The molecule has 1 N–H and O–H groups in total. The molecule has 72 valence electrons. The van der Waals surface area contributed by atoms with Crippen molar-refractivity contribution in [1.29, 1.82) is 0 Å². The van der Waals surface area contributed by atoms with E-state index in [2.05, 4.69) is 9.97 Å². The Bertz CT molecular complexity index is 332. The number of halogens is 2. The molecule has 3 nitrogen and oxygen atoms in total. The Kier molecular flexibility index (Phi) is 1.66. The smallest absolute Gasteiger partial charge is 0.303 e. The summed E-state index contributed by atoms with van der Waals surface area (Å²) in [7, 11) is 1.67. The molecule has 0 unspecified atom stereocenters. The quantitative estimate of drug-likeness (QED) is 0.663. The average molecular weight is 187 g/mol. The molecule has 1 aromatic rings. The van der Waals surface area contributed by atoms with Gasteiger partial charge in [-0.15, -0.1) is 0 Å². The zero-order valence-electron chi connectivity index (χ0n) is 7.56. The minimum absolute atomic E-state index is 0.0805. The maximum Gasteiger partial charge on any atom is 0.303 e. The third-order valence-electron chi connectivity index (χ3n) is 2.14. The zero-order chi connectivity index (χ0) is 9.64. The fourth-order valence-corrected chi connectivity index (χ4v) is 1.70. The molecule has 0 saturated heterocycles. The first-order valence-electron chi connectivity index (χ1n) is 4.11. The summed E-state index contributed by atoms with van der Waals surface area (Å²) in [6.07, 6.45) is 0. The van der Waals surface area contributed by atoms with Crippen LogP contribution in [0.25, 0.3) is 0 Å². The standard InChI is InChI=1S/C8H11F2N3/c1-5-11-6-3-13(2)4-8(9,10)7(6)12-5/h3-4H2,1-2H3,(H,11,12). The van der Waals surface area contributed by atoms with Gasteiger partial charge in [-0.3, -0.25) is 4.90 Å². The molecule has 2 rings (SSSR count). The lowest BCUT2D eigenvalue weighted by molar-refractivity contribution is -0.0495. The molecule has 1 aliphatic rings. The highest BCUT2D eigenvalue weighted by Crippen LogP contribution is 2.34. The van der Waals surface area contributed by atoms with E-state index < -0.39 is 5.92 Å². The second-order valence-corrected chi connectivity index (χ2v) is 3.53. The van der Waals surface area contributed by atoms with Crippen molar-refractivity contribution in [3.63, 3.8) is 0 Å². The van der Waals surface area contributed by atoms with E-state index in [-0.39, 0.29) is 12.2 Å². The Morgan fingerprint density at radius 2 is 2.23 bits per heavy atom. The number of H-pyrrole nitrogens is 1. The number of aromatic amines is 1. The van der Waals surface area contributed by atoms with Crippen molar-refractivity contribution in [3.8, 4) is 0 Å². The van der Waals surface area contributed by atoms with E-state index in [4.69, 9.17) is 0 Å². The highest BCUT2D eigenvalue weighted by molar-refractivity contribution is 5.22. The molecule has 1 aliphatic heterocycles. The first-order valence-corrected chi connectivity index (χ1v) is 4.11. The Labute approximate surface area is 74.8 Å². The summed E-state index contributed by atoms with van der Waals surface area (Å²) in [5.74, 6) is -2.26. The van der Waals surface area contributed by atoms with Crippen molar-refractivity contribution in [2.45, 2.75) is 19.4 Å². The van der Waals surface area contributed by atoms with Gasteiger partial charge in [0.05, 0.1) is 12.2 Å². The third-order valence-corrected chi connectivity index (χ3v) is 2.14. The van der Waals surface area contributed by atoms with Crippen LogP contribution < -0.4 is 0 Å². The van der Waals surface area contributed by atoms with Gasteiger partial charge in [-0.05, 0) is 14.0 Å². The van der Waals surface area contributed by atoms with Crippen molar-refractivity contribution in [2.24, 2.45) is 0 Å². The molecule has 0 fully saturated rings. The summed E-state index contributed by atoms with van der Waals surface area (Å²) in [6, 6.07) is 0. The first-order chi connectivity index (χ1) is 5.99. The number of aromatic nitrogens is 2. The van der Waals surface area contributed by atoms with Gasteiger partial charge in [0.15, 0.2) is 0 Å². The fraction of sp³-hybridized carbons (Fsp3) is 0.625. The van der Waals surface area contributed by atoms with Crippen molar-refractivity contribution in [1.82, 2.24) is 14.9 Å². The van der Waals surface area contributed by atoms with E-state index in [0.717, 1.165) is 0 Å². The summed E-state index contributed by atoms with van der Waals surface area (Å²) in [5.41, 5.74) is 0.458. The van der Waals surface area contributed by atoms with Crippen LogP contribution in [0.15, 0.2) is 0 Å². The van der Waals surface area contributed by atoms with E-state index in [1.165, 1.54) is 0 Å². The van der Waals surface area contributed by atoms with Crippen LogP contribution in [0.1, 0.15) is 17.2 Å². The SMILES string of the molecule is Cc1nc2c([nH]1)CN(C)CC2(F)F. The predicted octanol–water partition coefficient (Wildman–Crippen LogP) is 1.26. The van der Waals surface area contributed by atoms with Crippen LogP contribution in [0, 0.1) is 6.92 Å². The van der Waals surface area contributed by atoms with Crippen molar-refractivity contribution in [3.05, 3.63) is 17.2 Å². The average Bonchev–Trinajstić information content (AvgIpc) is 2.28. The summed E-state index contributed by atoms with van der Waals surface area (Å²) in [4.78, 5) is 8.24. The number of hydrogen-bond donors (Lipinski definition) is 1. The van der Waals surface area contributed by atoms with Crippen LogP contribution in [-0.2, 0) is 12.5 Å². The van der Waals surface area contributed by atoms with Crippen LogP contribution in [0.5, 0.6) is 0 Å². The minimum Gasteiger partial charge on any atom is -0.345 e. The Morgan fingerprint density at radius 1 is 1.54 bits per heavy atom. The van der Waals surface area contributed by atoms with Gasteiger partial charge in [0.25, 0.3) is 0 Å². The van der Waals surface area contributed by atoms with Crippen LogP contribution in [0.2, 0.25) is 0 Å². The van der Waals surface area contributed by atoms with Crippen molar-refractivity contribution in [2.75, 3.05) is 13.6 Å². The maximum absolute atomic E-state index is 13.3. The summed E-state index contributed by atoms with van der Waals surface area (Å²) < 4.78 is 26.7. The molecule has 0 radical (unpaired) electrons. The molecule has 1 aromatic heterocycles. The molecule has 0 atom stereocenters. The maximum atomic E-state index is 13.3. The van der Waals surface area contributed by atoms with E-state index >= 15 is 0 Å². The first kappa shape index (κ1) is 8.62. The largest absolute Gasteiger partial charge is 0.345 e. The number of rotatable bonds is 0. The van der Waals surface area contributed by atoms with Crippen LogP contribution in [-0.4, -0.2) is 28.5 Å². The van der Waals surface area contributed by atoms with E-state index in [1.54, 1.807) is 18.9 Å². The highest BCUT2D eigenvalue weighted by atomic mass is 19.3. The summed E-state index contributed by atoms with van der Waals surface area (Å²) in [5, 5.41) is 0. The number of fused-ring (bicyclic) bond motifs is 1. The molecular weight excluding hydrogens is 176 g/mol.